The lowest BCUT2D eigenvalue weighted by Crippen LogP contribution is -2.59. The summed E-state index contributed by atoms with van der Waals surface area (Å²) < 4.78 is 0. The maximum atomic E-state index is 10.2. The molecule has 5 heteroatoms. The molecule has 138 valence electrons. The van der Waals surface area contributed by atoms with E-state index in [0.29, 0.717) is 5.46 Å². The summed E-state index contributed by atoms with van der Waals surface area (Å²) in [5.74, 6) is 0. The SMILES string of the molecule is OB(O)c1cccc2c1N(c1ccccc1)c1ccccc1B2c1ccccc1. The molecule has 0 aliphatic carbocycles. The van der Waals surface area contributed by atoms with Crippen LogP contribution in [0.25, 0.3) is 0 Å². The standard InChI is InChI=1S/C24H19B2NO2/c28-26(29)22-16-9-15-21-24(22)27(19-12-5-2-6-13-19)23-17-8-7-14-20(23)25(21)18-10-3-1-4-11-18/h1-17,28-29H. The number of rotatable bonds is 3. The van der Waals surface area contributed by atoms with Gasteiger partial charge in [-0.1, -0.05) is 90.4 Å². The summed E-state index contributed by atoms with van der Waals surface area (Å²) in [4.78, 5) is 2.14. The van der Waals surface area contributed by atoms with Crippen molar-refractivity contribution in [2.24, 2.45) is 0 Å². The summed E-state index contributed by atoms with van der Waals surface area (Å²) in [6.07, 6.45) is 0. The largest absolute Gasteiger partial charge is 0.490 e. The third kappa shape index (κ3) is 2.96. The average molecular weight is 375 g/mol. The molecule has 0 fully saturated rings. The first-order valence-electron chi connectivity index (χ1n) is 9.73. The Morgan fingerprint density at radius 3 is 1.97 bits per heavy atom. The number of hydrogen-bond donors (Lipinski definition) is 2. The minimum absolute atomic E-state index is 0.0149. The second-order valence-electron chi connectivity index (χ2n) is 7.23. The topological polar surface area (TPSA) is 43.7 Å². The molecule has 4 aromatic carbocycles. The Kier molecular flexibility index (Phi) is 4.47. The fourth-order valence-corrected chi connectivity index (χ4v) is 4.35. The molecule has 1 aliphatic rings. The summed E-state index contributed by atoms with van der Waals surface area (Å²) in [5.41, 5.74) is 6.81. The first-order valence-corrected chi connectivity index (χ1v) is 9.73. The van der Waals surface area contributed by atoms with Gasteiger partial charge in [0, 0.05) is 22.5 Å². The van der Waals surface area contributed by atoms with E-state index >= 15 is 0 Å². The zero-order valence-electron chi connectivity index (χ0n) is 15.8. The molecule has 0 bridgehead atoms. The Labute approximate surface area is 171 Å². The highest BCUT2D eigenvalue weighted by Crippen LogP contribution is 2.34. The molecule has 1 aliphatic heterocycles. The van der Waals surface area contributed by atoms with Gasteiger partial charge in [-0.2, -0.15) is 0 Å². The van der Waals surface area contributed by atoms with Gasteiger partial charge in [0.25, 0.3) is 0 Å². The van der Waals surface area contributed by atoms with E-state index in [9.17, 15) is 10.0 Å². The summed E-state index contributed by atoms with van der Waals surface area (Å²) in [7, 11) is -1.56. The Morgan fingerprint density at radius 2 is 1.24 bits per heavy atom. The third-order valence-electron chi connectivity index (χ3n) is 5.55. The van der Waals surface area contributed by atoms with Crippen molar-refractivity contribution in [1.29, 1.82) is 0 Å². The van der Waals surface area contributed by atoms with Crippen molar-refractivity contribution in [1.82, 2.24) is 0 Å². The maximum Gasteiger partial charge on any atom is 0.490 e. The van der Waals surface area contributed by atoms with Gasteiger partial charge in [-0.15, -0.1) is 0 Å². The highest BCUT2D eigenvalue weighted by Gasteiger charge is 2.37. The van der Waals surface area contributed by atoms with Crippen LogP contribution in [0.4, 0.5) is 17.1 Å². The van der Waals surface area contributed by atoms with Crippen molar-refractivity contribution < 1.29 is 10.0 Å². The third-order valence-corrected chi connectivity index (χ3v) is 5.55. The van der Waals surface area contributed by atoms with Crippen LogP contribution in [0.3, 0.4) is 0 Å². The van der Waals surface area contributed by atoms with Gasteiger partial charge in [0.05, 0.1) is 0 Å². The normalized spacial score (nSPS) is 12.3. The highest BCUT2D eigenvalue weighted by molar-refractivity contribution is 6.98. The molecule has 2 N–H and O–H groups in total. The van der Waals surface area contributed by atoms with Gasteiger partial charge in [0.1, 0.15) is 0 Å². The fourth-order valence-electron chi connectivity index (χ4n) is 4.35. The van der Waals surface area contributed by atoms with Crippen LogP contribution in [0.2, 0.25) is 0 Å². The van der Waals surface area contributed by atoms with Crippen LogP contribution in [0.1, 0.15) is 0 Å². The summed E-state index contributed by atoms with van der Waals surface area (Å²) in [6, 6.07) is 34.6. The Balaban J connectivity index is 1.86. The van der Waals surface area contributed by atoms with Gasteiger partial charge < -0.3 is 14.9 Å². The monoisotopic (exact) mass is 375 g/mol. The van der Waals surface area contributed by atoms with Crippen LogP contribution < -0.4 is 26.8 Å². The van der Waals surface area contributed by atoms with E-state index < -0.39 is 7.12 Å². The molecular formula is C24H19B2NO2. The van der Waals surface area contributed by atoms with E-state index in [0.717, 1.165) is 22.5 Å². The Morgan fingerprint density at radius 1 is 0.621 bits per heavy atom. The minimum Gasteiger partial charge on any atom is -0.423 e. The van der Waals surface area contributed by atoms with Crippen molar-refractivity contribution >= 4 is 52.7 Å². The zero-order valence-corrected chi connectivity index (χ0v) is 15.8. The molecule has 0 spiro atoms. The van der Waals surface area contributed by atoms with Crippen LogP contribution in [-0.4, -0.2) is 23.9 Å². The van der Waals surface area contributed by atoms with E-state index in [-0.39, 0.29) is 6.71 Å². The number of anilines is 3. The lowest BCUT2D eigenvalue weighted by molar-refractivity contribution is 0.426. The summed E-state index contributed by atoms with van der Waals surface area (Å²) in [6.45, 7) is 0.0149. The predicted molar refractivity (Wildman–Crippen MR) is 122 cm³/mol. The first kappa shape index (κ1) is 17.8. The van der Waals surface area contributed by atoms with Gasteiger partial charge >= 0.3 is 7.12 Å². The van der Waals surface area contributed by atoms with Gasteiger partial charge in [-0.25, -0.2) is 0 Å². The van der Waals surface area contributed by atoms with Crippen molar-refractivity contribution in [3.05, 3.63) is 103 Å². The number of benzene rings is 4. The van der Waals surface area contributed by atoms with E-state index in [1.807, 2.05) is 60.7 Å². The van der Waals surface area contributed by atoms with Gasteiger partial charge in [-0.3, -0.25) is 0 Å². The van der Waals surface area contributed by atoms with Crippen LogP contribution in [0, 0.1) is 0 Å². The van der Waals surface area contributed by atoms with E-state index in [1.165, 1.54) is 10.9 Å². The lowest BCUT2D eigenvalue weighted by atomic mass is 9.34. The van der Waals surface area contributed by atoms with Crippen molar-refractivity contribution in [3.8, 4) is 0 Å². The Hall–Kier alpha value is -3.27. The average Bonchev–Trinajstić information content (AvgIpc) is 2.78. The molecule has 0 unspecified atom stereocenters. The molecule has 1 heterocycles. The maximum absolute atomic E-state index is 10.2. The van der Waals surface area contributed by atoms with Gasteiger partial charge in [0.15, 0.2) is 0 Å². The van der Waals surface area contributed by atoms with E-state index in [2.05, 4.69) is 41.3 Å². The van der Waals surface area contributed by atoms with Crippen LogP contribution in [-0.2, 0) is 0 Å². The number of hydrogen-bond acceptors (Lipinski definition) is 3. The molecule has 29 heavy (non-hydrogen) atoms. The Bertz CT molecular complexity index is 1150. The van der Waals surface area contributed by atoms with E-state index in [1.54, 1.807) is 6.07 Å². The zero-order chi connectivity index (χ0) is 19.8. The second kappa shape index (κ2) is 7.28. The van der Waals surface area contributed by atoms with Crippen molar-refractivity contribution in [3.63, 3.8) is 0 Å². The van der Waals surface area contributed by atoms with Crippen molar-refractivity contribution in [2.75, 3.05) is 4.90 Å². The predicted octanol–water partition coefficient (Wildman–Crippen LogP) is 1.67. The molecular weight excluding hydrogens is 356 g/mol. The smallest absolute Gasteiger partial charge is 0.423 e. The van der Waals surface area contributed by atoms with Crippen molar-refractivity contribution in [2.45, 2.75) is 0 Å². The first-order chi connectivity index (χ1) is 14.3. The molecule has 4 aromatic rings. The van der Waals surface area contributed by atoms with Crippen LogP contribution in [0.15, 0.2) is 103 Å². The summed E-state index contributed by atoms with van der Waals surface area (Å²) in [5, 5.41) is 20.4. The molecule has 0 radical (unpaired) electrons. The second-order valence-corrected chi connectivity index (χ2v) is 7.23. The summed E-state index contributed by atoms with van der Waals surface area (Å²) >= 11 is 0. The molecule has 5 rings (SSSR count). The molecule has 0 saturated heterocycles. The van der Waals surface area contributed by atoms with Crippen LogP contribution >= 0.6 is 0 Å². The van der Waals surface area contributed by atoms with Crippen LogP contribution in [0.5, 0.6) is 0 Å². The van der Waals surface area contributed by atoms with Gasteiger partial charge in [0.2, 0.25) is 6.71 Å². The fraction of sp³-hybridized carbons (Fsp3) is 0. The number of para-hydroxylation sites is 3. The molecule has 3 nitrogen and oxygen atoms in total. The lowest BCUT2D eigenvalue weighted by Gasteiger charge is -2.38. The number of nitrogens with zero attached hydrogens (tertiary/aromatic N) is 1. The molecule has 0 atom stereocenters. The highest BCUT2D eigenvalue weighted by atomic mass is 16.4. The molecule has 0 amide bonds. The molecule has 0 aromatic heterocycles. The minimum atomic E-state index is -1.56. The molecule has 0 saturated carbocycles. The quantitative estimate of drug-likeness (QED) is 0.472. The number of fused-ring (bicyclic) bond motifs is 2. The van der Waals surface area contributed by atoms with Gasteiger partial charge in [-0.05, 0) is 29.1 Å². The van der Waals surface area contributed by atoms with E-state index in [4.69, 9.17) is 0 Å².